The zero-order chi connectivity index (χ0) is 19.6. The summed E-state index contributed by atoms with van der Waals surface area (Å²) in [7, 11) is 0. The molecule has 0 spiro atoms. The van der Waals surface area contributed by atoms with Crippen LogP contribution in [0.2, 0.25) is 0 Å². The summed E-state index contributed by atoms with van der Waals surface area (Å²) in [6, 6.07) is 8.33. The SMILES string of the molecule is Cc1csc(Sc2ccc(C(=O)Nc3ccc(Br)cc3F)cc2[N+](=O)[O-])n1. The van der Waals surface area contributed by atoms with Gasteiger partial charge in [0.15, 0.2) is 4.34 Å². The second-order valence-corrected chi connectivity index (χ2v) is 8.44. The topological polar surface area (TPSA) is 85.1 Å². The largest absolute Gasteiger partial charge is 0.319 e. The van der Waals surface area contributed by atoms with Gasteiger partial charge in [-0.1, -0.05) is 27.7 Å². The Balaban J connectivity index is 1.86. The molecule has 2 aromatic carbocycles. The van der Waals surface area contributed by atoms with Crippen LogP contribution in [0.4, 0.5) is 15.8 Å². The van der Waals surface area contributed by atoms with Gasteiger partial charge in [0.25, 0.3) is 11.6 Å². The fraction of sp³-hybridized carbons (Fsp3) is 0.0588. The van der Waals surface area contributed by atoms with Gasteiger partial charge in [0.2, 0.25) is 0 Å². The van der Waals surface area contributed by atoms with E-state index in [-0.39, 0.29) is 16.9 Å². The number of halogens is 2. The standard InChI is InChI=1S/C17H11BrFN3O3S2/c1-9-8-26-17(20-9)27-15-5-2-10(6-14(15)22(24)25)16(23)21-13-4-3-11(18)7-12(13)19/h2-8H,1H3,(H,21,23). The van der Waals surface area contributed by atoms with E-state index < -0.39 is 16.6 Å². The maximum atomic E-state index is 13.9. The molecule has 0 fully saturated rings. The number of hydrogen-bond acceptors (Lipinski definition) is 6. The number of nitro groups is 1. The van der Waals surface area contributed by atoms with Crippen molar-refractivity contribution in [3.8, 4) is 0 Å². The highest BCUT2D eigenvalue weighted by Crippen LogP contribution is 2.37. The second-order valence-electron chi connectivity index (χ2n) is 5.37. The molecule has 3 rings (SSSR count). The molecule has 1 N–H and O–H groups in total. The average Bonchev–Trinajstić information content (AvgIpc) is 3.02. The second kappa shape index (κ2) is 8.15. The van der Waals surface area contributed by atoms with Gasteiger partial charge in [-0.15, -0.1) is 11.3 Å². The van der Waals surface area contributed by atoms with Crippen molar-refractivity contribution in [2.45, 2.75) is 16.2 Å². The number of rotatable bonds is 5. The molecule has 0 saturated heterocycles. The highest BCUT2D eigenvalue weighted by atomic mass is 79.9. The van der Waals surface area contributed by atoms with Crippen LogP contribution in [0.5, 0.6) is 0 Å². The Morgan fingerprint density at radius 2 is 2.11 bits per heavy atom. The zero-order valence-electron chi connectivity index (χ0n) is 13.7. The molecule has 0 atom stereocenters. The van der Waals surface area contributed by atoms with E-state index in [2.05, 4.69) is 26.2 Å². The van der Waals surface area contributed by atoms with Crippen molar-refractivity contribution in [1.82, 2.24) is 4.98 Å². The van der Waals surface area contributed by atoms with Gasteiger partial charge in [0.1, 0.15) is 5.82 Å². The van der Waals surface area contributed by atoms with Gasteiger partial charge in [0.05, 0.1) is 15.5 Å². The van der Waals surface area contributed by atoms with Crippen molar-refractivity contribution in [3.05, 3.63) is 73.4 Å². The summed E-state index contributed by atoms with van der Waals surface area (Å²) < 4.78 is 15.1. The van der Waals surface area contributed by atoms with Crippen LogP contribution in [-0.4, -0.2) is 15.8 Å². The molecule has 0 aliphatic heterocycles. The number of carbonyl (C=O) groups is 1. The van der Waals surface area contributed by atoms with E-state index in [9.17, 15) is 19.3 Å². The van der Waals surface area contributed by atoms with Gasteiger partial charge in [0, 0.05) is 27.2 Å². The van der Waals surface area contributed by atoms with Gasteiger partial charge in [-0.05, 0) is 37.3 Å². The number of carbonyl (C=O) groups excluding carboxylic acids is 1. The number of aromatic nitrogens is 1. The molecule has 0 unspecified atom stereocenters. The van der Waals surface area contributed by atoms with E-state index in [0.29, 0.717) is 13.7 Å². The first-order valence-electron chi connectivity index (χ1n) is 7.48. The number of hydrogen-bond donors (Lipinski definition) is 1. The van der Waals surface area contributed by atoms with E-state index >= 15 is 0 Å². The normalized spacial score (nSPS) is 10.6. The lowest BCUT2D eigenvalue weighted by Gasteiger charge is -2.08. The maximum absolute atomic E-state index is 13.9. The van der Waals surface area contributed by atoms with Gasteiger partial charge in [-0.25, -0.2) is 9.37 Å². The summed E-state index contributed by atoms with van der Waals surface area (Å²) in [5, 5.41) is 15.7. The highest BCUT2D eigenvalue weighted by molar-refractivity contribution is 9.10. The predicted octanol–water partition coefficient (Wildman–Crippen LogP) is 5.66. The third-order valence-electron chi connectivity index (χ3n) is 3.39. The molecule has 6 nitrogen and oxygen atoms in total. The van der Waals surface area contributed by atoms with E-state index in [1.54, 1.807) is 6.07 Å². The van der Waals surface area contributed by atoms with Crippen LogP contribution in [0.15, 0.2) is 55.5 Å². The molecule has 1 heterocycles. The fourth-order valence-electron chi connectivity index (χ4n) is 2.15. The molecule has 3 aromatic rings. The Bertz CT molecular complexity index is 1040. The van der Waals surface area contributed by atoms with Gasteiger partial charge in [-0.2, -0.15) is 0 Å². The quantitative estimate of drug-likeness (QED) is 0.386. The summed E-state index contributed by atoms with van der Waals surface area (Å²) in [5.41, 5.74) is 0.667. The smallest absolute Gasteiger partial charge is 0.284 e. The number of amides is 1. The predicted molar refractivity (Wildman–Crippen MR) is 106 cm³/mol. The van der Waals surface area contributed by atoms with E-state index in [4.69, 9.17) is 0 Å². The number of anilines is 1. The minimum absolute atomic E-state index is 0.0115. The van der Waals surface area contributed by atoms with Crippen LogP contribution in [-0.2, 0) is 0 Å². The Labute approximate surface area is 170 Å². The van der Waals surface area contributed by atoms with Crippen LogP contribution < -0.4 is 5.32 Å². The lowest BCUT2D eigenvalue weighted by atomic mass is 10.2. The van der Waals surface area contributed by atoms with Crippen LogP contribution in [0.1, 0.15) is 16.1 Å². The fourth-order valence-corrected chi connectivity index (χ4v) is 4.36. The van der Waals surface area contributed by atoms with Crippen molar-refractivity contribution in [1.29, 1.82) is 0 Å². The van der Waals surface area contributed by atoms with Gasteiger partial charge >= 0.3 is 0 Å². The third-order valence-corrected chi connectivity index (χ3v) is 6.01. The van der Waals surface area contributed by atoms with E-state index in [1.807, 2.05) is 12.3 Å². The van der Waals surface area contributed by atoms with Crippen LogP contribution in [0, 0.1) is 22.9 Å². The van der Waals surface area contributed by atoms with E-state index in [1.165, 1.54) is 41.7 Å². The highest BCUT2D eigenvalue weighted by Gasteiger charge is 2.20. The third kappa shape index (κ3) is 4.71. The maximum Gasteiger partial charge on any atom is 0.284 e. The molecular weight excluding hydrogens is 457 g/mol. The van der Waals surface area contributed by atoms with Crippen LogP contribution in [0.25, 0.3) is 0 Å². The lowest BCUT2D eigenvalue weighted by molar-refractivity contribution is -0.387. The first kappa shape index (κ1) is 19.5. The Hall–Kier alpha value is -2.30. The summed E-state index contributed by atoms with van der Waals surface area (Å²) in [6.45, 7) is 1.84. The average molecular weight is 468 g/mol. The van der Waals surface area contributed by atoms with Crippen molar-refractivity contribution in [2.75, 3.05) is 5.32 Å². The van der Waals surface area contributed by atoms with Crippen LogP contribution in [0.3, 0.4) is 0 Å². The Morgan fingerprint density at radius 1 is 1.33 bits per heavy atom. The molecule has 138 valence electrons. The van der Waals surface area contributed by atoms with Crippen LogP contribution >= 0.6 is 39.0 Å². The van der Waals surface area contributed by atoms with Crippen molar-refractivity contribution >= 4 is 56.3 Å². The Morgan fingerprint density at radius 3 is 2.74 bits per heavy atom. The van der Waals surface area contributed by atoms with Crippen molar-refractivity contribution < 1.29 is 14.1 Å². The van der Waals surface area contributed by atoms with Crippen molar-refractivity contribution in [2.24, 2.45) is 0 Å². The number of nitrogens with one attached hydrogen (secondary N) is 1. The molecule has 0 aliphatic rings. The molecule has 1 aromatic heterocycles. The van der Waals surface area contributed by atoms with E-state index in [0.717, 1.165) is 17.5 Å². The molecule has 1 amide bonds. The molecule has 27 heavy (non-hydrogen) atoms. The van der Waals surface area contributed by atoms with Gasteiger partial charge < -0.3 is 5.32 Å². The monoisotopic (exact) mass is 467 g/mol. The number of aryl methyl sites for hydroxylation is 1. The molecule has 0 radical (unpaired) electrons. The van der Waals surface area contributed by atoms with Gasteiger partial charge in [-0.3, -0.25) is 14.9 Å². The lowest BCUT2D eigenvalue weighted by Crippen LogP contribution is -2.13. The molecular formula is C17H11BrFN3O3S2. The molecule has 0 bridgehead atoms. The number of benzene rings is 2. The number of thiazole rings is 1. The summed E-state index contributed by atoms with van der Waals surface area (Å²) in [6.07, 6.45) is 0. The molecule has 0 aliphatic carbocycles. The molecule has 10 heteroatoms. The summed E-state index contributed by atoms with van der Waals surface area (Å²) in [5.74, 6) is -1.25. The Kier molecular flexibility index (Phi) is 5.88. The number of nitro benzene ring substituents is 1. The minimum atomic E-state index is -0.638. The first-order chi connectivity index (χ1) is 12.8. The summed E-state index contributed by atoms with van der Waals surface area (Å²) >= 11 is 5.68. The minimum Gasteiger partial charge on any atom is -0.319 e. The first-order valence-corrected chi connectivity index (χ1v) is 9.97. The summed E-state index contributed by atoms with van der Waals surface area (Å²) in [4.78, 5) is 27.9. The number of nitrogens with zero attached hydrogens (tertiary/aromatic N) is 2. The molecule has 0 saturated carbocycles. The zero-order valence-corrected chi connectivity index (χ0v) is 17.0. The van der Waals surface area contributed by atoms with Crippen molar-refractivity contribution in [3.63, 3.8) is 0 Å².